The lowest BCUT2D eigenvalue weighted by atomic mass is 10.0. The fraction of sp³-hybridized carbons (Fsp3) is 0.156. The van der Waals surface area contributed by atoms with E-state index in [-0.39, 0.29) is 5.78 Å². The maximum absolute atomic E-state index is 12.9. The van der Waals surface area contributed by atoms with Crippen LogP contribution in [0.3, 0.4) is 0 Å². The summed E-state index contributed by atoms with van der Waals surface area (Å²) in [6.45, 7) is 4.03. The van der Waals surface area contributed by atoms with Gasteiger partial charge in [-0.15, -0.1) is 0 Å². The molecule has 7 nitrogen and oxygen atoms in total. The van der Waals surface area contributed by atoms with E-state index in [4.69, 9.17) is 24.3 Å². The number of aryl methyl sites for hydroxylation is 2. The summed E-state index contributed by atoms with van der Waals surface area (Å²) < 4.78 is 18.5. The van der Waals surface area contributed by atoms with Crippen LogP contribution in [0.5, 0.6) is 17.2 Å². The summed E-state index contributed by atoms with van der Waals surface area (Å²) in [6.07, 6.45) is 3.28. The number of carbonyl (C=O) groups excluding carboxylic acids is 1. The average Bonchev–Trinajstić information content (AvgIpc) is 3.40. The highest BCUT2D eigenvalue weighted by Crippen LogP contribution is 2.41. The Hall–Kier alpha value is -4.91. The molecule has 0 aliphatic rings. The Morgan fingerprint density at radius 1 is 0.795 bits per heavy atom. The molecule has 3 aromatic carbocycles. The quantitative estimate of drug-likeness (QED) is 0.170. The number of carbonyl (C=O) groups is 1. The molecule has 0 N–H and O–H groups in total. The minimum atomic E-state index is -0.0902. The molecule has 0 aliphatic heterocycles. The molecular formula is C32H29N3O4. The van der Waals surface area contributed by atoms with Crippen LogP contribution >= 0.6 is 0 Å². The zero-order valence-electron chi connectivity index (χ0n) is 22.6. The minimum absolute atomic E-state index is 0.0902. The standard InChI is InChI=1S/C32H29N3O4/c1-20-11-12-23(15-21(20)2)28(36)14-13-25-18-27(24-16-29(37-3)32(39-5)30(17-24)38-4)35-31(33-25)19-26(34-35)22-9-7-6-8-10-22/h6-19H,1-5H3/b14-13+. The lowest BCUT2D eigenvalue weighted by Crippen LogP contribution is -2.01. The zero-order valence-corrected chi connectivity index (χ0v) is 22.6. The molecule has 0 saturated heterocycles. The smallest absolute Gasteiger partial charge is 0.203 e. The number of ether oxygens (including phenoxy) is 3. The second kappa shape index (κ2) is 10.8. The predicted octanol–water partition coefficient (Wildman–Crippen LogP) is 6.60. The Morgan fingerprint density at radius 3 is 2.15 bits per heavy atom. The number of hydrogen-bond acceptors (Lipinski definition) is 6. The molecule has 0 spiro atoms. The molecule has 0 fully saturated rings. The largest absolute Gasteiger partial charge is 0.493 e. The molecule has 0 unspecified atom stereocenters. The van der Waals surface area contributed by atoms with Gasteiger partial charge in [0.15, 0.2) is 22.9 Å². The van der Waals surface area contributed by atoms with Crippen molar-refractivity contribution in [2.75, 3.05) is 21.3 Å². The topological polar surface area (TPSA) is 75.0 Å². The molecule has 7 heteroatoms. The van der Waals surface area contributed by atoms with E-state index in [0.717, 1.165) is 33.6 Å². The number of nitrogens with zero attached hydrogens (tertiary/aromatic N) is 3. The Bertz CT molecular complexity index is 1680. The van der Waals surface area contributed by atoms with Gasteiger partial charge in [0.25, 0.3) is 0 Å². The number of methoxy groups -OCH3 is 3. The third-order valence-corrected chi connectivity index (χ3v) is 6.67. The highest BCUT2D eigenvalue weighted by molar-refractivity contribution is 6.07. The van der Waals surface area contributed by atoms with E-state index in [0.29, 0.717) is 34.2 Å². The van der Waals surface area contributed by atoms with E-state index in [9.17, 15) is 4.79 Å². The Kier molecular flexibility index (Phi) is 7.14. The van der Waals surface area contributed by atoms with Crippen LogP contribution in [0.25, 0.3) is 34.2 Å². The fourth-order valence-corrected chi connectivity index (χ4v) is 4.42. The van der Waals surface area contributed by atoms with E-state index in [1.165, 1.54) is 0 Å². The first kappa shape index (κ1) is 25.7. The Morgan fingerprint density at radius 2 is 1.51 bits per heavy atom. The van der Waals surface area contributed by atoms with Gasteiger partial charge in [0.2, 0.25) is 5.75 Å². The molecule has 0 aliphatic carbocycles. The van der Waals surface area contributed by atoms with E-state index in [1.807, 2.05) is 86.6 Å². The van der Waals surface area contributed by atoms with Crippen molar-refractivity contribution in [1.29, 1.82) is 0 Å². The number of fused-ring (bicyclic) bond motifs is 1. The van der Waals surface area contributed by atoms with E-state index in [1.54, 1.807) is 38.0 Å². The number of benzene rings is 3. The van der Waals surface area contributed by atoms with Gasteiger partial charge in [-0.1, -0.05) is 42.5 Å². The predicted molar refractivity (Wildman–Crippen MR) is 153 cm³/mol. The van der Waals surface area contributed by atoms with Crippen LogP contribution in [0.4, 0.5) is 0 Å². The van der Waals surface area contributed by atoms with Crippen LogP contribution in [-0.4, -0.2) is 41.7 Å². The SMILES string of the molecule is COc1cc(-c2cc(/C=C/C(=O)c3ccc(C)c(C)c3)nc3cc(-c4ccccc4)nn23)cc(OC)c1OC. The first-order valence-corrected chi connectivity index (χ1v) is 12.5. The second-order valence-corrected chi connectivity index (χ2v) is 9.14. The molecule has 39 heavy (non-hydrogen) atoms. The summed E-state index contributed by atoms with van der Waals surface area (Å²) in [5, 5.41) is 4.86. The molecule has 0 bridgehead atoms. The van der Waals surface area contributed by atoms with Crippen molar-refractivity contribution in [3.63, 3.8) is 0 Å². The summed E-state index contributed by atoms with van der Waals surface area (Å²) >= 11 is 0. The average molecular weight is 520 g/mol. The maximum Gasteiger partial charge on any atom is 0.203 e. The van der Waals surface area contributed by atoms with Gasteiger partial charge in [-0.3, -0.25) is 4.79 Å². The molecule has 0 amide bonds. The summed E-state index contributed by atoms with van der Waals surface area (Å²) in [5.74, 6) is 1.45. The molecule has 0 radical (unpaired) electrons. The van der Waals surface area contributed by atoms with Crippen molar-refractivity contribution in [1.82, 2.24) is 14.6 Å². The summed E-state index contributed by atoms with van der Waals surface area (Å²) in [7, 11) is 4.73. The van der Waals surface area contributed by atoms with Crippen molar-refractivity contribution in [3.05, 3.63) is 101 Å². The number of allylic oxidation sites excluding steroid dienone is 1. The third kappa shape index (κ3) is 5.11. The first-order valence-electron chi connectivity index (χ1n) is 12.5. The minimum Gasteiger partial charge on any atom is -0.493 e. The van der Waals surface area contributed by atoms with Crippen LogP contribution in [0.2, 0.25) is 0 Å². The normalized spacial score (nSPS) is 11.2. The van der Waals surface area contributed by atoms with Gasteiger partial charge in [0, 0.05) is 22.8 Å². The summed E-state index contributed by atoms with van der Waals surface area (Å²) in [5.41, 5.74) is 7.40. The molecule has 2 aromatic heterocycles. The summed E-state index contributed by atoms with van der Waals surface area (Å²) in [4.78, 5) is 17.7. The maximum atomic E-state index is 12.9. The van der Waals surface area contributed by atoms with E-state index in [2.05, 4.69) is 0 Å². The number of ketones is 1. The van der Waals surface area contributed by atoms with Crippen molar-refractivity contribution in [2.45, 2.75) is 13.8 Å². The van der Waals surface area contributed by atoms with Crippen LogP contribution in [0, 0.1) is 13.8 Å². The summed E-state index contributed by atoms with van der Waals surface area (Å²) in [6, 6.07) is 23.2. The van der Waals surface area contributed by atoms with Gasteiger partial charge < -0.3 is 14.2 Å². The van der Waals surface area contributed by atoms with E-state index < -0.39 is 0 Å². The van der Waals surface area contributed by atoms with Crippen molar-refractivity contribution in [2.24, 2.45) is 0 Å². The van der Waals surface area contributed by atoms with Gasteiger partial charge in [0.1, 0.15) is 0 Å². The van der Waals surface area contributed by atoms with Crippen LogP contribution in [-0.2, 0) is 0 Å². The number of aromatic nitrogens is 3. The van der Waals surface area contributed by atoms with E-state index >= 15 is 0 Å². The molecule has 0 atom stereocenters. The molecule has 2 heterocycles. The van der Waals surface area contributed by atoms with Gasteiger partial charge in [-0.25, -0.2) is 9.50 Å². The van der Waals surface area contributed by atoms with Crippen molar-refractivity contribution < 1.29 is 19.0 Å². The molecule has 196 valence electrons. The Labute approximate surface area is 227 Å². The molecule has 5 aromatic rings. The van der Waals surface area contributed by atoms with Gasteiger partial charge in [-0.05, 0) is 61.4 Å². The van der Waals surface area contributed by atoms with Gasteiger partial charge in [0.05, 0.1) is 38.4 Å². The van der Waals surface area contributed by atoms with Crippen LogP contribution in [0.15, 0.2) is 78.9 Å². The molecule has 0 saturated carbocycles. The van der Waals surface area contributed by atoms with Crippen molar-refractivity contribution >= 4 is 17.5 Å². The van der Waals surface area contributed by atoms with Gasteiger partial charge >= 0.3 is 0 Å². The van der Waals surface area contributed by atoms with Crippen molar-refractivity contribution in [3.8, 4) is 39.8 Å². The zero-order chi connectivity index (χ0) is 27.5. The highest BCUT2D eigenvalue weighted by Gasteiger charge is 2.18. The monoisotopic (exact) mass is 519 g/mol. The number of rotatable bonds is 8. The van der Waals surface area contributed by atoms with Crippen LogP contribution < -0.4 is 14.2 Å². The molecule has 5 rings (SSSR count). The van der Waals surface area contributed by atoms with Gasteiger partial charge in [-0.2, -0.15) is 5.10 Å². The lowest BCUT2D eigenvalue weighted by molar-refractivity contribution is 0.104. The lowest BCUT2D eigenvalue weighted by Gasteiger charge is -2.15. The van der Waals surface area contributed by atoms with Crippen LogP contribution in [0.1, 0.15) is 27.2 Å². The molecular weight excluding hydrogens is 490 g/mol. The fourth-order valence-electron chi connectivity index (χ4n) is 4.42. The second-order valence-electron chi connectivity index (χ2n) is 9.14. The first-order chi connectivity index (χ1) is 18.9. The number of hydrogen-bond donors (Lipinski definition) is 0. The highest BCUT2D eigenvalue weighted by atomic mass is 16.5. The Balaban J connectivity index is 1.66. The third-order valence-electron chi connectivity index (χ3n) is 6.67.